The lowest BCUT2D eigenvalue weighted by Crippen LogP contribution is -2.51. The Bertz CT molecular complexity index is 204. The molecule has 1 unspecified atom stereocenters. The Morgan fingerprint density at radius 2 is 1.81 bits per heavy atom. The van der Waals surface area contributed by atoms with Gasteiger partial charge in [-0.2, -0.15) is 0 Å². The number of nitrogens with two attached hydrogens (primary N) is 1. The van der Waals surface area contributed by atoms with E-state index >= 15 is 0 Å². The first-order valence-corrected chi connectivity index (χ1v) is 6.15. The predicted octanol–water partition coefficient (Wildman–Crippen LogP) is 0.816. The standard InChI is InChI=1S/C12H27N3O/c1-6-14-11(12(13)16)8-15(10(4)5)7-9(2)3/h9-11,14H,6-8H2,1-5H3,(H2,13,16). The van der Waals surface area contributed by atoms with Crippen molar-refractivity contribution in [3.05, 3.63) is 0 Å². The molecule has 0 spiro atoms. The number of carbonyl (C=O) groups is 1. The molecule has 0 rings (SSSR count). The fraction of sp³-hybridized carbons (Fsp3) is 0.917. The van der Waals surface area contributed by atoms with Crippen LogP contribution in [0.4, 0.5) is 0 Å². The molecule has 0 bridgehead atoms. The number of hydrogen-bond acceptors (Lipinski definition) is 3. The maximum atomic E-state index is 11.3. The zero-order chi connectivity index (χ0) is 12.7. The van der Waals surface area contributed by atoms with Crippen molar-refractivity contribution in [3.8, 4) is 0 Å². The molecular formula is C12H27N3O. The second-order valence-corrected chi connectivity index (χ2v) is 4.95. The first-order valence-electron chi connectivity index (χ1n) is 6.15. The van der Waals surface area contributed by atoms with E-state index in [9.17, 15) is 4.79 Å². The van der Waals surface area contributed by atoms with Crippen molar-refractivity contribution in [1.29, 1.82) is 0 Å². The zero-order valence-electron chi connectivity index (χ0n) is 11.3. The SMILES string of the molecule is CCNC(CN(CC(C)C)C(C)C)C(N)=O. The van der Waals surface area contributed by atoms with Crippen molar-refractivity contribution in [2.24, 2.45) is 11.7 Å². The normalized spacial score (nSPS) is 13.8. The van der Waals surface area contributed by atoms with E-state index in [4.69, 9.17) is 5.73 Å². The third-order valence-corrected chi connectivity index (χ3v) is 2.54. The van der Waals surface area contributed by atoms with E-state index in [2.05, 4.69) is 37.9 Å². The number of nitrogens with one attached hydrogen (secondary N) is 1. The molecule has 1 atom stereocenters. The molecule has 4 heteroatoms. The number of rotatable bonds is 8. The summed E-state index contributed by atoms with van der Waals surface area (Å²) >= 11 is 0. The van der Waals surface area contributed by atoms with Gasteiger partial charge in [0.15, 0.2) is 0 Å². The number of primary amides is 1. The monoisotopic (exact) mass is 229 g/mol. The van der Waals surface area contributed by atoms with Gasteiger partial charge in [0, 0.05) is 19.1 Å². The molecule has 96 valence electrons. The van der Waals surface area contributed by atoms with Crippen LogP contribution in [0.25, 0.3) is 0 Å². The molecule has 0 fully saturated rings. The largest absolute Gasteiger partial charge is 0.368 e. The predicted molar refractivity (Wildman–Crippen MR) is 68.2 cm³/mol. The van der Waals surface area contributed by atoms with Gasteiger partial charge in [-0.3, -0.25) is 9.69 Å². The second kappa shape index (κ2) is 7.63. The second-order valence-electron chi connectivity index (χ2n) is 4.95. The fourth-order valence-corrected chi connectivity index (χ4v) is 1.70. The van der Waals surface area contributed by atoms with Crippen LogP contribution in [0.2, 0.25) is 0 Å². The maximum absolute atomic E-state index is 11.3. The molecule has 3 N–H and O–H groups in total. The summed E-state index contributed by atoms with van der Waals surface area (Å²) in [6.07, 6.45) is 0. The lowest BCUT2D eigenvalue weighted by Gasteiger charge is -2.31. The summed E-state index contributed by atoms with van der Waals surface area (Å²) in [4.78, 5) is 13.6. The van der Waals surface area contributed by atoms with E-state index in [1.807, 2.05) is 6.92 Å². The molecule has 0 aromatic rings. The molecule has 16 heavy (non-hydrogen) atoms. The number of hydrogen-bond donors (Lipinski definition) is 2. The Balaban J connectivity index is 4.38. The Morgan fingerprint density at radius 3 is 2.12 bits per heavy atom. The van der Waals surface area contributed by atoms with Gasteiger partial charge < -0.3 is 11.1 Å². The van der Waals surface area contributed by atoms with E-state index in [1.165, 1.54) is 0 Å². The minimum atomic E-state index is -0.267. The van der Waals surface area contributed by atoms with Gasteiger partial charge in [0.25, 0.3) is 0 Å². The minimum absolute atomic E-state index is 0.244. The van der Waals surface area contributed by atoms with Gasteiger partial charge in [-0.15, -0.1) is 0 Å². The summed E-state index contributed by atoms with van der Waals surface area (Å²) in [5.74, 6) is 0.328. The van der Waals surface area contributed by atoms with E-state index in [1.54, 1.807) is 0 Å². The molecule has 0 aliphatic heterocycles. The molecule has 4 nitrogen and oxygen atoms in total. The summed E-state index contributed by atoms with van der Waals surface area (Å²) in [7, 11) is 0. The van der Waals surface area contributed by atoms with Crippen LogP contribution in [0.3, 0.4) is 0 Å². The topological polar surface area (TPSA) is 58.4 Å². The van der Waals surface area contributed by atoms with Crippen molar-refractivity contribution >= 4 is 5.91 Å². The van der Waals surface area contributed by atoms with Crippen LogP contribution in [-0.4, -0.2) is 42.5 Å². The van der Waals surface area contributed by atoms with E-state index in [-0.39, 0.29) is 11.9 Å². The molecule has 0 aliphatic carbocycles. The number of carbonyl (C=O) groups excluding carboxylic acids is 1. The fourth-order valence-electron chi connectivity index (χ4n) is 1.70. The Hall–Kier alpha value is -0.610. The molecule has 0 saturated heterocycles. The molecular weight excluding hydrogens is 202 g/mol. The third-order valence-electron chi connectivity index (χ3n) is 2.54. The Morgan fingerprint density at radius 1 is 1.25 bits per heavy atom. The van der Waals surface area contributed by atoms with Crippen LogP contribution in [0.15, 0.2) is 0 Å². The smallest absolute Gasteiger partial charge is 0.235 e. The molecule has 0 radical (unpaired) electrons. The zero-order valence-corrected chi connectivity index (χ0v) is 11.3. The Kier molecular flexibility index (Phi) is 7.34. The van der Waals surface area contributed by atoms with Crippen molar-refractivity contribution in [2.75, 3.05) is 19.6 Å². The first kappa shape index (κ1) is 15.4. The molecule has 0 aliphatic rings. The van der Waals surface area contributed by atoms with Gasteiger partial charge in [0.1, 0.15) is 0 Å². The van der Waals surface area contributed by atoms with Gasteiger partial charge >= 0.3 is 0 Å². The van der Waals surface area contributed by atoms with Crippen LogP contribution in [-0.2, 0) is 4.79 Å². The van der Waals surface area contributed by atoms with Crippen molar-refractivity contribution in [3.63, 3.8) is 0 Å². The number of likely N-dealkylation sites (N-methyl/N-ethyl adjacent to an activating group) is 1. The highest BCUT2D eigenvalue weighted by molar-refractivity contribution is 5.80. The maximum Gasteiger partial charge on any atom is 0.235 e. The molecule has 1 amide bonds. The van der Waals surface area contributed by atoms with Crippen LogP contribution in [0, 0.1) is 5.92 Å². The number of nitrogens with zero attached hydrogens (tertiary/aromatic N) is 1. The average molecular weight is 229 g/mol. The Labute approximate surface area is 99.6 Å². The van der Waals surface area contributed by atoms with E-state index in [0.717, 1.165) is 13.1 Å². The van der Waals surface area contributed by atoms with Crippen LogP contribution >= 0.6 is 0 Å². The van der Waals surface area contributed by atoms with Crippen LogP contribution < -0.4 is 11.1 Å². The van der Waals surface area contributed by atoms with Crippen LogP contribution in [0.5, 0.6) is 0 Å². The summed E-state index contributed by atoms with van der Waals surface area (Å²) in [5.41, 5.74) is 5.37. The lowest BCUT2D eigenvalue weighted by atomic mass is 10.1. The summed E-state index contributed by atoms with van der Waals surface area (Å²) in [6, 6.07) is 0.189. The van der Waals surface area contributed by atoms with Gasteiger partial charge in [-0.1, -0.05) is 20.8 Å². The highest BCUT2D eigenvalue weighted by Gasteiger charge is 2.20. The summed E-state index contributed by atoms with van der Waals surface area (Å²) in [6.45, 7) is 13.1. The highest BCUT2D eigenvalue weighted by Crippen LogP contribution is 2.05. The third kappa shape index (κ3) is 6.08. The number of amides is 1. The van der Waals surface area contributed by atoms with Gasteiger partial charge in [0.05, 0.1) is 6.04 Å². The first-order chi connectivity index (χ1) is 7.38. The lowest BCUT2D eigenvalue weighted by molar-refractivity contribution is -0.120. The molecule has 0 heterocycles. The summed E-state index contributed by atoms with van der Waals surface area (Å²) in [5, 5.41) is 3.12. The van der Waals surface area contributed by atoms with Gasteiger partial charge in [0.2, 0.25) is 5.91 Å². The van der Waals surface area contributed by atoms with E-state index < -0.39 is 0 Å². The van der Waals surface area contributed by atoms with Crippen LogP contribution in [0.1, 0.15) is 34.6 Å². The molecule has 0 aromatic heterocycles. The average Bonchev–Trinajstić information content (AvgIpc) is 2.14. The van der Waals surface area contributed by atoms with Crippen molar-refractivity contribution in [2.45, 2.75) is 46.7 Å². The summed E-state index contributed by atoms with van der Waals surface area (Å²) < 4.78 is 0. The van der Waals surface area contributed by atoms with Gasteiger partial charge in [-0.05, 0) is 26.3 Å². The molecule has 0 aromatic carbocycles. The van der Waals surface area contributed by atoms with E-state index in [0.29, 0.717) is 18.5 Å². The minimum Gasteiger partial charge on any atom is -0.368 e. The quantitative estimate of drug-likeness (QED) is 0.648. The van der Waals surface area contributed by atoms with Gasteiger partial charge in [-0.25, -0.2) is 0 Å². The van der Waals surface area contributed by atoms with Crippen molar-refractivity contribution in [1.82, 2.24) is 10.2 Å². The van der Waals surface area contributed by atoms with Crippen molar-refractivity contribution < 1.29 is 4.79 Å². The highest BCUT2D eigenvalue weighted by atomic mass is 16.1. The molecule has 0 saturated carbocycles.